The average Bonchev–Trinajstić information content (AvgIpc) is 3.46. The Labute approximate surface area is 213 Å². The first-order chi connectivity index (χ1) is 16.9. The van der Waals surface area contributed by atoms with Gasteiger partial charge < -0.3 is 15.4 Å². The lowest BCUT2D eigenvalue weighted by Crippen LogP contribution is -2.51. The number of hydrogen-bond acceptors (Lipinski definition) is 7. The lowest BCUT2D eigenvalue weighted by molar-refractivity contribution is -0.148. The zero-order valence-corrected chi connectivity index (χ0v) is 20.5. The molecule has 0 radical (unpaired) electrons. The number of halogens is 3. The highest BCUT2D eigenvalue weighted by molar-refractivity contribution is 7.19. The van der Waals surface area contributed by atoms with Crippen molar-refractivity contribution in [2.75, 3.05) is 5.32 Å². The van der Waals surface area contributed by atoms with Crippen LogP contribution in [0.3, 0.4) is 0 Å². The predicted molar refractivity (Wildman–Crippen MR) is 132 cm³/mol. The Morgan fingerprint density at radius 3 is 2.63 bits per heavy atom. The van der Waals surface area contributed by atoms with Gasteiger partial charge in [0.2, 0.25) is 0 Å². The maximum Gasteiger partial charge on any atom is 0.308 e. The number of aromatic nitrogens is 5. The van der Waals surface area contributed by atoms with Gasteiger partial charge in [-0.1, -0.05) is 23.2 Å². The van der Waals surface area contributed by atoms with Crippen molar-refractivity contribution in [2.24, 2.45) is 17.8 Å². The van der Waals surface area contributed by atoms with E-state index in [1.54, 1.807) is 18.3 Å². The predicted octanol–water partition coefficient (Wildman–Crippen LogP) is 5.89. The van der Waals surface area contributed by atoms with Gasteiger partial charge in [0.1, 0.15) is 16.4 Å². The van der Waals surface area contributed by atoms with E-state index in [9.17, 15) is 9.90 Å². The number of aromatic amines is 1. The van der Waals surface area contributed by atoms with Gasteiger partial charge in [0.25, 0.3) is 0 Å². The minimum absolute atomic E-state index is 0.0392. The SMILES string of the molecule is O=C(O)[C@@H]1C2CCC(CC2)[C@H]1Nc1nc(-c2c[nH]c3ncc(Cl)nc23)nc(-c2ccc(Cl)s2)c1F. The summed E-state index contributed by atoms with van der Waals surface area (Å²) < 4.78 is 16.4. The summed E-state index contributed by atoms with van der Waals surface area (Å²) in [6.45, 7) is 0. The van der Waals surface area contributed by atoms with Gasteiger partial charge in [-0.05, 0) is 49.7 Å². The Hall–Kier alpha value is -2.82. The van der Waals surface area contributed by atoms with Crippen LogP contribution in [-0.4, -0.2) is 42.0 Å². The van der Waals surface area contributed by atoms with Crippen molar-refractivity contribution in [1.29, 1.82) is 0 Å². The molecule has 35 heavy (non-hydrogen) atoms. The largest absolute Gasteiger partial charge is 0.481 e. The average molecular weight is 533 g/mol. The number of hydrogen-bond donors (Lipinski definition) is 3. The van der Waals surface area contributed by atoms with E-state index in [0.29, 0.717) is 25.9 Å². The van der Waals surface area contributed by atoms with Crippen LogP contribution in [0.5, 0.6) is 0 Å². The third kappa shape index (κ3) is 3.93. The van der Waals surface area contributed by atoms with Crippen LogP contribution in [0.1, 0.15) is 25.7 Å². The molecule has 0 spiro atoms. The molecular weight excluding hydrogens is 514 g/mol. The fourth-order valence-electron chi connectivity index (χ4n) is 5.48. The molecule has 0 unspecified atom stereocenters. The summed E-state index contributed by atoms with van der Waals surface area (Å²) in [7, 11) is 0. The molecule has 3 N–H and O–H groups in total. The normalized spacial score (nSPS) is 23.6. The minimum atomic E-state index is -0.863. The van der Waals surface area contributed by atoms with Crippen LogP contribution >= 0.6 is 34.5 Å². The van der Waals surface area contributed by atoms with Gasteiger partial charge in [-0.25, -0.2) is 24.3 Å². The number of nitrogens with zero attached hydrogens (tertiary/aromatic N) is 4. The second-order valence-electron chi connectivity index (χ2n) is 8.96. The molecule has 3 aliphatic rings. The van der Waals surface area contributed by atoms with Crippen LogP contribution in [0.25, 0.3) is 33.1 Å². The van der Waals surface area contributed by atoms with E-state index in [1.165, 1.54) is 17.5 Å². The topological polar surface area (TPSA) is 117 Å². The van der Waals surface area contributed by atoms with E-state index in [2.05, 4.69) is 30.2 Å². The number of thiophene rings is 1. The van der Waals surface area contributed by atoms with Crippen LogP contribution in [0.4, 0.5) is 10.2 Å². The van der Waals surface area contributed by atoms with E-state index < -0.39 is 23.7 Å². The number of fused-ring (bicyclic) bond motifs is 4. The Bertz CT molecular complexity index is 1450. The number of nitrogens with one attached hydrogen (secondary N) is 2. The van der Waals surface area contributed by atoms with Gasteiger partial charge in [0.05, 0.1) is 26.9 Å². The molecule has 8 nitrogen and oxygen atoms in total. The van der Waals surface area contributed by atoms with Gasteiger partial charge in [-0.15, -0.1) is 11.3 Å². The summed E-state index contributed by atoms with van der Waals surface area (Å²) in [4.78, 5) is 33.3. The summed E-state index contributed by atoms with van der Waals surface area (Å²) in [6, 6.07) is 2.95. The molecule has 180 valence electrons. The van der Waals surface area contributed by atoms with E-state index in [-0.39, 0.29) is 34.3 Å². The molecule has 0 saturated heterocycles. The minimum Gasteiger partial charge on any atom is -0.481 e. The number of carboxylic acids is 1. The van der Waals surface area contributed by atoms with Crippen molar-refractivity contribution in [3.63, 3.8) is 0 Å². The number of rotatable bonds is 5. The molecule has 4 aromatic rings. The van der Waals surface area contributed by atoms with Crippen LogP contribution < -0.4 is 5.32 Å². The molecule has 12 heteroatoms. The fraction of sp³-hybridized carbons (Fsp3) is 0.348. The van der Waals surface area contributed by atoms with Gasteiger partial charge in [0.15, 0.2) is 23.1 Å². The lowest BCUT2D eigenvalue weighted by Gasteiger charge is -2.47. The number of carbonyl (C=O) groups is 1. The highest BCUT2D eigenvalue weighted by Gasteiger charge is 2.47. The van der Waals surface area contributed by atoms with E-state index in [4.69, 9.17) is 23.2 Å². The number of H-pyrrole nitrogens is 1. The second-order valence-corrected chi connectivity index (χ2v) is 11.1. The molecule has 0 aliphatic heterocycles. The Kier molecular flexibility index (Phi) is 5.62. The van der Waals surface area contributed by atoms with E-state index in [1.807, 2.05) is 0 Å². The lowest BCUT2D eigenvalue weighted by atomic mass is 9.61. The van der Waals surface area contributed by atoms with E-state index >= 15 is 4.39 Å². The van der Waals surface area contributed by atoms with Crippen molar-refractivity contribution >= 4 is 57.5 Å². The number of carboxylic acid groups (broad SMARTS) is 1. The smallest absolute Gasteiger partial charge is 0.308 e. The van der Waals surface area contributed by atoms with Crippen molar-refractivity contribution < 1.29 is 14.3 Å². The van der Waals surface area contributed by atoms with Gasteiger partial charge in [-0.2, -0.15) is 0 Å². The number of aliphatic carboxylic acids is 1. The third-order valence-corrected chi connectivity index (χ3v) is 8.48. The highest BCUT2D eigenvalue weighted by Crippen LogP contribution is 2.47. The molecular formula is C23H19Cl2FN6O2S. The zero-order chi connectivity index (χ0) is 24.3. The first-order valence-electron chi connectivity index (χ1n) is 11.2. The monoisotopic (exact) mass is 532 g/mol. The van der Waals surface area contributed by atoms with E-state index in [0.717, 1.165) is 25.7 Å². The summed E-state index contributed by atoms with van der Waals surface area (Å²) in [6.07, 6.45) is 6.65. The molecule has 0 amide bonds. The zero-order valence-electron chi connectivity index (χ0n) is 18.1. The molecule has 3 saturated carbocycles. The van der Waals surface area contributed by atoms with Gasteiger partial charge in [-0.3, -0.25) is 4.79 Å². The van der Waals surface area contributed by atoms with Crippen LogP contribution in [-0.2, 0) is 4.79 Å². The first kappa shape index (κ1) is 22.6. The molecule has 7 rings (SSSR count). The van der Waals surface area contributed by atoms with Crippen molar-refractivity contribution in [3.05, 3.63) is 39.8 Å². The Morgan fingerprint density at radius 2 is 1.91 bits per heavy atom. The molecule has 3 fully saturated rings. The molecule has 4 aromatic heterocycles. The highest BCUT2D eigenvalue weighted by atomic mass is 35.5. The van der Waals surface area contributed by atoms with Gasteiger partial charge in [0, 0.05) is 12.2 Å². The number of anilines is 1. The molecule has 4 heterocycles. The maximum absolute atomic E-state index is 15.9. The summed E-state index contributed by atoms with van der Waals surface area (Å²) in [5.41, 5.74) is 1.52. The molecule has 2 bridgehead atoms. The van der Waals surface area contributed by atoms with Crippen molar-refractivity contribution in [1.82, 2.24) is 24.9 Å². The van der Waals surface area contributed by atoms with Gasteiger partial charge >= 0.3 is 5.97 Å². The second kappa shape index (κ2) is 8.69. The van der Waals surface area contributed by atoms with Crippen LogP contribution in [0, 0.1) is 23.6 Å². The van der Waals surface area contributed by atoms with Crippen LogP contribution in [0.15, 0.2) is 24.5 Å². The molecule has 2 atom stereocenters. The quantitative estimate of drug-likeness (QED) is 0.293. The summed E-state index contributed by atoms with van der Waals surface area (Å²) in [5, 5.41) is 13.3. The van der Waals surface area contributed by atoms with Crippen molar-refractivity contribution in [2.45, 2.75) is 31.7 Å². The summed E-state index contributed by atoms with van der Waals surface area (Å²) >= 11 is 13.4. The van der Waals surface area contributed by atoms with Crippen LogP contribution in [0.2, 0.25) is 9.49 Å². The molecule has 0 aromatic carbocycles. The first-order valence-corrected chi connectivity index (χ1v) is 12.8. The maximum atomic E-state index is 15.9. The Balaban J connectivity index is 1.50. The fourth-order valence-corrected chi connectivity index (χ4v) is 6.64. The van der Waals surface area contributed by atoms with Crippen molar-refractivity contribution in [3.8, 4) is 22.0 Å². The third-order valence-electron chi connectivity index (χ3n) is 7.06. The summed E-state index contributed by atoms with van der Waals surface area (Å²) in [5.74, 6) is -1.73. The Morgan fingerprint density at radius 1 is 1.14 bits per heavy atom. The molecule has 3 aliphatic carbocycles. The standard InChI is InChI=1S/C23H19Cl2FN6O2S/c24-13-8-28-22-18(29-13)11(7-27-22)20-31-19(12-5-6-14(25)35-12)16(26)21(32-20)30-17-10-3-1-9(2-4-10)15(17)23(33)34/h5-10,15,17H,1-4H2,(H,27,28)(H,33,34)(H,30,31,32)/t9?,10?,15-,17-/m1/s1.